The monoisotopic (exact) mass is 574 g/mol. The number of sulfonamides is 1. The molecule has 1 atom stereocenters. The van der Waals surface area contributed by atoms with Crippen molar-refractivity contribution in [3.05, 3.63) is 96.1 Å². The molecule has 1 aliphatic carbocycles. The van der Waals surface area contributed by atoms with Gasteiger partial charge in [-0.15, -0.1) is 0 Å². The highest BCUT2D eigenvalue weighted by Gasteiger charge is 2.39. The third-order valence-corrected chi connectivity index (χ3v) is 9.41. The Morgan fingerprint density at radius 3 is 2.39 bits per heavy atom. The second-order valence-electron chi connectivity index (χ2n) is 8.45. The quantitative estimate of drug-likeness (QED) is 0.369. The van der Waals surface area contributed by atoms with Crippen molar-refractivity contribution in [1.29, 1.82) is 0 Å². The molecule has 0 saturated carbocycles. The van der Waals surface area contributed by atoms with E-state index in [1.165, 1.54) is 37.3 Å². The number of hydrogen-bond donors (Lipinski definition) is 1. The van der Waals surface area contributed by atoms with Gasteiger partial charge in [-0.1, -0.05) is 30.4 Å². The summed E-state index contributed by atoms with van der Waals surface area (Å²) in [5.74, 6) is -4.43. The minimum atomic E-state index is -4.62. The molecule has 0 fully saturated rings. The van der Waals surface area contributed by atoms with Crippen LogP contribution in [0.5, 0.6) is 5.75 Å². The van der Waals surface area contributed by atoms with Crippen molar-refractivity contribution < 1.29 is 43.5 Å². The van der Waals surface area contributed by atoms with Crippen molar-refractivity contribution in [2.75, 3.05) is 4.72 Å². The first-order valence-electron chi connectivity index (χ1n) is 10.8. The average Bonchev–Trinajstić information content (AvgIpc) is 3.35. The van der Waals surface area contributed by atoms with Gasteiger partial charge in [-0.25, -0.2) is 30.0 Å². The van der Waals surface area contributed by atoms with Gasteiger partial charge in [0, 0.05) is 24.5 Å². The molecule has 0 saturated heterocycles. The molecule has 4 rings (SSSR count). The maximum atomic E-state index is 14.2. The van der Waals surface area contributed by atoms with Crippen LogP contribution in [0.25, 0.3) is 5.57 Å². The Morgan fingerprint density at radius 1 is 1.03 bits per heavy atom. The van der Waals surface area contributed by atoms with Crippen molar-refractivity contribution in [2.45, 2.75) is 29.6 Å². The van der Waals surface area contributed by atoms with Crippen LogP contribution in [-0.2, 0) is 20.0 Å². The third kappa shape index (κ3) is 5.31. The summed E-state index contributed by atoms with van der Waals surface area (Å²) in [6, 6.07) is 7.26. The molecule has 1 aliphatic rings. The number of rotatable bonds is 8. The van der Waals surface area contributed by atoms with Crippen LogP contribution in [0.4, 0.5) is 27.6 Å². The minimum absolute atomic E-state index is 0.00623. The zero-order valence-corrected chi connectivity index (χ0v) is 21.0. The van der Waals surface area contributed by atoms with Gasteiger partial charge in [0.25, 0.3) is 10.0 Å². The highest BCUT2D eigenvalue weighted by Crippen LogP contribution is 2.34. The van der Waals surface area contributed by atoms with Gasteiger partial charge in [0.05, 0.1) is 5.69 Å². The lowest BCUT2D eigenvalue weighted by molar-refractivity contribution is -0.0523. The number of nitrogens with one attached hydrogen (secondary N) is 1. The van der Waals surface area contributed by atoms with Crippen molar-refractivity contribution in [2.24, 2.45) is 0 Å². The molecule has 38 heavy (non-hydrogen) atoms. The van der Waals surface area contributed by atoms with Crippen molar-refractivity contribution >= 4 is 31.3 Å². The molecule has 14 heteroatoms. The number of anilines is 1. The van der Waals surface area contributed by atoms with E-state index in [1.54, 1.807) is 16.9 Å². The van der Waals surface area contributed by atoms with E-state index in [4.69, 9.17) is 0 Å². The fourth-order valence-electron chi connectivity index (χ4n) is 3.69. The molecule has 1 aromatic heterocycles. The lowest BCUT2D eigenvalue weighted by Crippen LogP contribution is -2.37. The summed E-state index contributed by atoms with van der Waals surface area (Å²) in [6.07, 6.45) is 6.31. The molecule has 1 N–H and O–H groups in total. The Bertz CT molecular complexity index is 1670. The van der Waals surface area contributed by atoms with Gasteiger partial charge in [0.1, 0.15) is 15.5 Å². The molecule has 2 aromatic carbocycles. The van der Waals surface area contributed by atoms with Gasteiger partial charge in [0.2, 0.25) is 10.0 Å². The summed E-state index contributed by atoms with van der Waals surface area (Å²) in [4.78, 5) is -0.590. The van der Waals surface area contributed by atoms with E-state index in [0.29, 0.717) is 21.2 Å². The number of benzene rings is 2. The molecule has 0 amide bonds. The molecule has 1 unspecified atom stereocenters. The van der Waals surface area contributed by atoms with E-state index in [-0.39, 0.29) is 12.5 Å². The number of allylic oxidation sites excluding steroid dienone is 3. The van der Waals surface area contributed by atoms with Crippen LogP contribution in [0.15, 0.2) is 78.0 Å². The summed E-state index contributed by atoms with van der Waals surface area (Å²) < 4.78 is 123. The maximum absolute atomic E-state index is 14.2. The molecular formula is C24H19F5N2O5S2. The van der Waals surface area contributed by atoms with Gasteiger partial charge in [0.15, 0.2) is 17.4 Å². The molecule has 0 spiro atoms. The summed E-state index contributed by atoms with van der Waals surface area (Å²) in [5.41, 5.74) is 0.256. The van der Waals surface area contributed by atoms with Crippen LogP contribution in [0.1, 0.15) is 18.9 Å². The number of aromatic nitrogens is 1. The predicted molar refractivity (Wildman–Crippen MR) is 129 cm³/mol. The van der Waals surface area contributed by atoms with E-state index >= 15 is 0 Å². The van der Waals surface area contributed by atoms with Gasteiger partial charge in [-0.05, 0) is 42.7 Å². The summed E-state index contributed by atoms with van der Waals surface area (Å²) in [5, 5.41) is 0. The molecule has 0 bridgehead atoms. The largest absolute Gasteiger partial charge is 0.432 e. The van der Waals surface area contributed by atoms with Crippen LogP contribution < -0.4 is 9.46 Å². The Morgan fingerprint density at radius 2 is 1.76 bits per heavy atom. The van der Waals surface area contributed by atoms with E-state index < -0.39 is 65.2 Å². The zero-order valence-electron chi connectivity index (χ0n) is 19.4. The highest BCUT2D eigenvalue weighted by atomic mass is 32.2. The van der Waals surface area contributed by atoms with Crippen LogP contribution >= 0.6 is 0 Å². The number of alkyl halides is 2. The van der Waals surface area contributed by atoms with E-state index in [2.05, 4.69) is 4.74 Å². The van der Waals surface area contributed by atoms with Crippen LogP contribution in [-0.4, -0.2) is 32.2 Å². The second kappa shape index (κ2) is 9.91. The third-order valence-electron chi connectivity index (χ3n) is 5.80. The fourth-order valence-corrected chi connectivity index (χ4v) is 6.30. The number of halogens is 5. The first kappa shape index (κ1) is 27.4. The Kier molecular flexibility index (Phi) is 7.14. The number of ether oxygens (including phenoxy) is 1. The highest BCUT2D eigenvalue weighted by molar-refractivity contribution is 7.93. The van der Waals surface area contributed by atoms with Gasteiger partial charge < -0.3 is 4.74 Å². The van der Waals surface area contributed by atoms with Crippen molar-refractivity contribution in [1.82, 2.24) is 3.97 Å². The molecule has 1 heterocycles. The number of hydrogen-bond acceptors (Lipinski definition) is 5. The summed E-state index contributed by atoms with van der Waals surface area (Å²) in [6.45, 7) is -2.01. The van der Waals surface area contributed by atoms with Gasteiger partial charge in [-0.3, -0.25) is 8.69 Å². The lowest BCUT2D eigenvalue weighted by Gasteiger charge is -2.28. The normalized spacial score (nSPS) is 17.9. The van der Waals surface area contributed by atoms with E-state index in [1.807, 2.05) is 0 Å². The van der Waals surface area contributed by atoms with Crippen molar-refractivity contribution in [3.8, 4) is 5.75 Å². The first-order chi connectivity index (χ1) is 17.7. The molecule has 7 nitrogen and oxygen atoms in total. The minimum Gasteiger partial charge on any atom is -0.432 e. The molecule has 202 valence electrons. The van der Waals surface area contributed by atoms with Crippen LogP contribution in [0.2, 0.25) is 0 Å². The fraction of sp³-hybridized carbons (Fsp3) is 0.167. The second-order valence-corrected chi connectivity index (χ2v) is 12.4. The van der Waals surface area contributed by atoms with E-state index in [9.17, 15) is 38.8 Å². The number of nitrogens with zero attached hydrogens (tertiary/aromatic N) is 1. The van der Waals surface area contributed by atoms with Crippen LogP contribution in [0, 0.1) is 17.5 Å². The molecule has 3 aromatic rings. The van der Waals surface area contributed by atoms with Crippen LogP contribution in [0.3, 0.4) is 0 Å². The molecular weight excluding hydrogens is 555 g/mol. The standard InChI is InChI=1S/C24H19F5N2O5S2/c1-24(8-5-15(6-9-24)16-3-2-4-17(25)11-16)38(34,35)31-10-7-18(14-31)37(32,33)30-21-12-20(27)22(13-19(21)26)36-23(28)29/h2-8,10-14,23,30H,9H2,1H3. The average molecular weight is 575 g/mol. The SMILES string of the molecule is CC1(S(=O)(=O)n2ccc(S(=O)(=O)Nc3cc(F)c(OC(F)F)cc3F)c2)C=CC(c2cccc(F)c2)=CC1. The Hall–Kier alpha value is -3.65. The first-order valence-corrected chi connectivity index (χ1v) is 13.7. The predicted octanol–water partition coefficient (Wildman–Crippen LogP) is 5.29. The van der Waals surface area contributed by atoms with E-state index in [0.717, 1.165) is 18.5 Å². The maximum Gasteiger partial charge on any atom is 0.387 e. The molecule has 0 aliphatic heterocycles. The van der Waals surface area contributed by atoms with Crippen molar-refractivity contribution in [3.63, 3.8) is 0 Å². The topological polar surface area (TPSA) is 94.5 Å². The molecule has 0 radical (unpaired) electrons. The van der Waals surface area contributed by atoms with Gasteiger partial charge >= 0.3 is 6.61 Å². The summed E-state index contributed by atoms with van der Waals surface area (Å²) in [7, 11) is -8.85. The van der Waals surface area contributed by atoms with Gasteiger partial charge in [-0.2, -0.15) is 8.78 Å². The Balaban J connectivity index is 1.56. The zero-order chi connectivity index (χ0) is 27.9. The summed E-state index contributed by atoms with van der Waals surface area (Å²) >= 11 is 0. The Labute approximate surface area is 215 Å². The smallest absolute Gasteiger partial charge is 0.387 e. The lowest BCUT2D eigenvalue weighted by atomic mass is 9.93.